The number of H-pyrrole nitrogens is 1. The van der Waals surface area contributed by atoms with Gasteiger partial charge in [0.1, 0.15) is 5.82 Å². The van der Waals surface area contributed by atoms with Gasteiger partial charge in [-0.25, -0.2) is 4.39 Å². The lowest BCUT2D eigenvalue weighted by Crippen LogP contribution is -2.33. The minimum absolute atomic E-state index is 0.0561. The number of nitrogens with one attached hydrogen (secondary N) is 2. The Labute approximate surface area is 92.6 Å². The molecule has 2 aromatic rings. The fourth-order valence-electron chi connectivity index (χ4n) is 2.18. The quantitative estimate of drug-likeness (QED) is 0.771. The summed E-state index contributed by atoms with van der Waals surface area (Å²) in [7, 11) is 0. The van der Waals surface area contributed by atoms with E-state index >= 15 is 0 Å². The maximum absolute atomic E-state index is 13.7. The highest BCUT2D eigenvalue weighted by Gasteiger charge is 2.20. The molecule has 0 aliphatic carbocycles. The minimum Gasteiger partial charge on any atom is -0.371 e. The van der Waals surface area contributed by atoms with Crippen molar-refractivity contribution >= 4 is 10.9 Å². The molecule has 2 heterocycles. The molecule has 0 bridgehead atoms. The van der Waals surface area contributed by atoms with Crippen molar-refractivity contribution in [2.24, 2.45) is 0 Å². The van der Waals surface area contributed by atoms with Crippen molar-refractivity contribution in [3.63, 3.8) is 0 Å². The van der Waals surface area contributed by atoms with Crippen molar-refractivity contribution in [2.75, 3.05) is 19.7 Å². The van der Waals surface area contributed by atoms with E-state index in [9.17, 15) is 4.39 Å². The van der Waals surface area contributed by atoms with Crippen LogP contribution in [0.5, 0.6) is 0 Å². The van der Waals surface area contributed by atoms with Crippen LogP contribution in [0, 0.1) is 5.82 Å². The lowest BCUT2D eigenvalue weighted by Gasteiger charge is -2.23. The van der Waals surface area contributed by atoms with Gasteiger partial charge in [-0.15, -0.1) is 0 Å². The van der Waals surface area contributed by atoms with E-state index in [1.54, 1.807) is 6.07 Å². The van der Waals surface area contributed by atoms with Crippen LogP contribution in [0.1, 0.15) is 11.7 Å². The molecule has 1 saturated heterocycles. The van der Waals surface area contributed by atoms with E-state index in [1.807, 2.05) is 12.3 Å². The molecule has 1 unspecified atom stereocenters. The molecule has 16 heavy (non-hydrogen) atoms. The Kier molecular flexibility index (Phi) is 2.38. The third-order valence-corrected chi connectivity index (χ3v) is 2.96. The molecule has 1 aliphatic rings. The van der Waals surface area contributed by atoms with Crippen molar-refractivity contribution in [3.8, 4) is 0 Å². The van der Waals surface area contributed by atoms with Gasteiger partial charge >= 0.3 is 0 Å². The topological polar surface area (TPSA) is 37.0 Å². The zero-order chi connectivity index (χ0) is 11.0. The highest BCUT2D eigenvalue weighted by Crippen LogP contribution is 2.29. The van der Waals surface area contributed by atoms with Gasteiger partial charge < -0.3 is 15.0 Å². The molecule has 1 fully saturated rings. The van der Waals surface area contributed by atoms with Crippen LogP contribution in [0.25, 0.3) is 10.9 Å². The van der Waals surface area contributed by atoms with E-state index in [2.05, 4.69) is 10.3 Å². The summed E-state index contributed by atoms with van der Waals surface area (Å²) >= 11 is 0. The standard InChI is InChI=1S/C12H13FN2O/c13-9-2-1-3-10-12(9)8(6-15-10)11-7-14-4-5-16-11/h1-3,6,11,14-15H,4-5,7H2. The second kappa shape index (κ2) is 3.88. The average Bonchev–Trinajstić information content (AvgIpc) is 2.75. The van der Waals surface area contributed by atoms with Gasteiger partial charge in [0, 0.05) is 35.8 Å². The first-order valence-corrected chi connectivity index (χ1v) is 5.44. The van der Waals surface area contributed by atoms with Crippen LogP contribution < -0.4 is 5.32 Å². The summed E-state index contributed by atoms with van der Waals surface area (Å²) in [5.41, 5.74) is 1.73. The molecule has 0 spiro atoms. The van der Waals surface area contributed by atoms with E-state index in [0.717, 1.165) is 24.2 Å². The van der Waals surface area contributed by atoms with E-state index in [1.165, 1.54) is 6.07 Å². The van der Waals surface area contributed by atoms with Gasteiger partial charge in [0.2, 0.25) is 0 Å². The van der Waals surface area contributed by atoms with Crippen molar-refractivity contribution in [1.82, 2.24) is 10.3 Å². The largest absolute Gasteiger partial charge is 0.371 e. The van der Waals surface area contributed by atoms with Crippen LogP contribution in [0.15, 0.2) is 24.4 Å². The lowest BCUT2D eigenvalue weighted by molar-refractivity contribution is 0.0285. The molecule has 2 N–H and O–H groups in total. The Hall–Kier alpha value is -1.39. The predicted molar refractivity (Wildman–Crippen MR) is 59.8 cm³/mol. The highest BCUT2D eigenvalue weighted by molar-refractivity contribution is 5.84. The molecule has 1 aliphatic heterocycles. The summed E-state index contributed by atoms with van der Waals surface area (Å²) in [5, 5.41) is 3.90. The number of hydrogen-bond acceptors (Lipinski definition) is 2. The maximum Gasteiger partial charge on any atom is 0.132 e. The number of benzene rings is 1. The SMILES string of the molecule is Fc1cccc2[nH]cc(C3CNCCO3)c12. The van der Waals surface area contributed by atoms with Gasteiger partial charge in [-0.1, -0.05) is 6.07 Å². The van der Waals surface area contributed by atoms with Crippen molar-refractivity contribution in [3.05, 3.63) is 35.8 Å². The number of fused-ring (bicyclic) bond motifs is 1. The number of aromatic nitrogens is 1. The third kappa shape index (κ3) is 1.50. The predicted octanol–water partition coefficient (Wildman–Crippen LogP) is 1.97. The van der Waals surface area contributed by atoms with Gasteiger partial charge in [-0.3, -0.25) is 0 Å². The third-order valence-electron chi connectivity index (χ3n) is 2.96. The molecular weight excluding hydrogens is 207 g/mol. The Balaban J connectivity index is 2.09. The van der Waals surface area contributed by atoms with Crippen LogP contribution in [0.3, 0.4) is 0 Å². The van der Waals surface area contributed by atoms with Crippen molar-refractivity contribution < 1.29 is 9.13 Å². The molecule has 84 valence electrons. The van der Waals surface area contributed by atoms with Crippen LogP contribution in [0.2, 0.25) is 0 Å². The first kappa shape index (κ1) is 9.81. The summed E-state index contributed by atoms with van der Waals surface area (Å²) in [6.45, 7) is 2.27. The van der Waals surface area contributed by atoms with Crippen molar-refractivity contribution in [2.45, 2.75) is 6.10 Å². The van der Waals surface area contributed by atoms with Crippen LogP contribution in [-0.2, 0) is 4.74 Å². The van der Waals surface area contributed by atoms with E-state index in [-0.39, 0.29) is 11.9 Å². The summed E-state index contributed by atoms with van der Waals surface area (Å²) in [6.07, 6.45) is 1.78. The van der Waals surface area contributed by atoms with E-state index in [0.29, 0.717) is 12.0 Å². The zero-order valence-corrected chi connectivity index (χ0v) is 8.79. The molecule has 1 atom stereocenters. The second-order valence-electron chi connectivity index (χ2n) is 3.97. The number of hydrogen-bond donors (Lipinski definition) is 2. The average molecular weight is 220 g/mol. The van der Waals surface area contributed by atoms with Crippen LogP contribution >= 0.6 is 0 Å². The summed E-state index contributed by atoms with van der Waals surface area (Å²) in [5.74, 6) is -0.192. The molecule has 1 aromatic carbocycles. The lowest BCUT2D eigenvalue weighted by atomic mass is 10.1. The molecule has 0 saturated carbocycles. The fraction of sp³-hybridized carbons (Fsp3) is 0.333. The molecule has 0 radical (unpaired) electrons. The smallest absolute Gasteiger partial charge is 0.132 e. The monoisotopic (exact) mass is 220 g/mol. The Bertz CT molecular complexity index is 503. The van der Waals surface area contributed by atoms with Crippen molar-refractivity contribution in [1.29, 1.82) is 0 Å². The first-order chi connectivity index (χ1) is 7.86. The summed E-state index contributed by atoms with van der Waals surface area (Å²) in [4.78, 5) is 3.08. The van der Waals surface area contributed by atoms with E-state index < -0.39 is 0 Å². The fourth-order valence-corrected chi connectivity index (χ4v) is 2.18. The van der Waals surface area contributed by atoms with Gasteiger partial charge in [-0.05, 0) is 12.1 Å². The molecule has 0 amide bonds. The number of morpholine rings is 1. The van der Waals surface area contributed by atoms with E-state index in [4.69, 9.17) is 4.74 Å². The Morgan fingerprint density at radius 2 is 2.31 bits per heavy atom. The Morgan fingerprint density at radius 3 is 3.12 bits per heavy atom. The number of halogens is 1. The van der Waals surface area contributed by atoms with Gasteiger partial charge in [-0.2, -0.15) is 0 Å². The molecular formula is C12H13FN2O. The molecule has 4 heteroatoms. The number of ether oxygens (including phenoxy) is 1. The normalized spacial score (nSPS) is 21.4. The van der Waals surface area contributed by atoms with Crippen LogP contribution in [-0.4, -0.2) is 24.7 Å². The summed E-state index contributed by atoms with van der Waals surface area (Å²) < 4.78 is 19.4. The second-order valence-corrected chi connectivity index (χ2v) is 3.97. The highest BCUT2D eigenvalue weighted by atomic mass is 19.1. The Morgan fingerprint density at radius 1 is 1.38 bits per heavy atom. The maximum atomic E-state index is 13.7. The van der Waals surface area contributed by atoms with Gasteiger partial charge in [0.25, 0.3) is 0 Å². The number of aromatic amines is 1. The summed E-state index contributed by atoms with van der Waals surface area (Å²) in [6, 6.07) is 5.06. The van der Waals surface area contributed by atoms with Crippen LogP contribution in [0.4, 0.5) is 4.39 Å². The molecule has 1 aromatic heterocycles. The minimum atomic E-state index is -0.192. The number of rotatable bonds is 1. The molecule has 3 rings (SSSR count). The zero-order valence-electron chi connectivity index (χ0n) is 8.79. The van der Waals surface area contributed by atoms with Gasteiger partial charge in [0.15, 0.2) is 0 Å². The molecule has 3 nitrogen and oxygen atoms in total. The van der Waals surface area contributed by atoms with Gasteiger partial charge in [0.05, 0.1) is 12.7 Å². The first-order valence-electron chi connectivity index (χ1n) is 5.44.